The number of nitrogens with zero attached hydrogens (tertiary/aromatic N) is 3. The van der Waals surface area contributed by atoms with Crippen LogP contribution in [0.25, 0.3) is 10.4 Å². The molecule has 1 aliphatic rings. The Morgan fingerprint density at radius 2 is 2.20 bits per heavy atom. The van der Waals surface area contributed by atoms with Gasteiger partial charge in [0, 0.05) is 21.9 Å². The normalized spacial score (nSPS) is 13.7. The lowest BCUT2D eigenvalue weighted by molar-refractivity contribution is 0.151. The number of ether oxygens (including phenoxy) is 1. The van der Waals surface area contributed by atoms with E-state index in [-0.39, 0.29) is 25.4 Å². The average Bonchev–Trinajstić information content (AvgIpc) is 3.34. The first-order valence-electron chi connectivity index (χ1n) is 9.26. The number of fused-ring (bicyclic) bond motifs is 1. The average molecular weight is 429 g/mol. The third-order valence-electron chi connectivity index (χ3n) is 5.00. The number of nitrogens with two attached hydrogens (primary N) is 1. The molecular weight excluding hydrogens is 409 g/mol. The third kappa shape index (κ3) is 3.79. The van der Waals surface area contributed by atoms with E-state index in [4.69, 9.17) is 10.5 Å². The number of hydrogen-bond donors (Lipinski definition) is 2. The standard InChI is InChI=1S/C20H20FN5O3S/c1-12-15(3-4-17-16(12)10-29-19(27)24-17)18-5-2-14(30-18)9-25-11-23-26(20(25)28)8-13(6-21)7-22/h2-6,11H,7-10,22H2,1H3,(H,24,27)/b13-6+. The molecule has 0 saturated heterocycles. The van der Waals surface area contributed by atoms with Gasteiger partial charge in [0.05, 0.1) is 25.1 Å². The van der Waals surface area contributed by atoms with Crippen molar-refractivity contribution in [3.63, 3.8) is 0 Å². The van der Waals surface area contributed by atoms with E-state index in [0.717, 1.165) is 32.1 Å². The maximum absolute atomic E-state index is 12.7. The Balaban J connectivity index is 1.56. The zero-order valence-corrected chi connectivity index (χ0v) is 17.0. The molecule has 1 aromatic carbocycles. The second-order valence-corrected chi connectivity index (χ2v) is 8.07. The maximum atomic E-state index is 12.7. The summed E-state index contributed by atoms with van der Waals surface area (Å²) in [6.07, 6.45) is 1.41. The number of anilines is 1. The molecular formula is C20H20FN5O3S. The predicted molar refractivity (Wildman–Crippen MR) is 112 cm³/mol. The first-order valence-corrected chi connectivity index (χ1v) is 10.1. The molecule has 0 unspecified atom stereocenters. The predicted octanol–water partition coefficient (Wildman–Crippen LogP) is 3.00. The topological polar surface area (TPSA) is 104 Å². The fourth-order valence-corrected chi connectivity index (χ4v) is 4.40. The van der Waals surface area contributed by atoms with Gasteiger partial charge in [-0.25, -0.2) is 18.7 Å². The molecule has 0 saturated carbocycles. The molecule has 0 spiro atoms. The summed E-state index contributed by atoms with van der Waals surface area (Å²) in [5.41, 5.74) is 9.23. The monoisotopic (exact) mass is 429 g/mol. The summed E-state index contributed by atoms with van der Waals surface area (Å²) in [5, 5.41) is 6.75. The molecule has 0 fully saturated rings. The van der Waals surface area contributed by atoms with Crippen molar-refractivity contribution in [1.29, 1.82) is 0 Å². The van der Waals surface area contributed by atoms with Gasteiger partial charge in [-0.3, -0.25) is 9.88 Å². The van der Waals surface area contributed by atoms with Crippen LogP contribution in [0.2, 0.25) is 0 Å². The van der Waals surface area contributed by atoms with Gasteiger partial charge in [0.1, 0.15) is 12.9 Å². The highest BCUT2D eigenvalue weighted by molar-refractivity contribution is 7.15. The van der Waals surface area contributed by atoms with Crippen LogP contribution in [-0.4, -0.2) is 27.0 Å². The maximum Gasteiger partial charge on any atom is 0.411 e. The fraction of sp³-hybridized carbons (Fsp3) is 0.250. The zero-order chi connectivity index (χ0) is 21.3. The lowest BCUT2D eigenvalue weighted by Gasteiger charge is -2.20. The highest BCUT2D eigenvalue weighted by Crippen LogP contribution is 2.36. The quantitative estimate of drug-likeness (QED) is 0.627. The number of nitrogens with one attached hydrogen (secondary N) is 1. The first kappa shape index (κ1) is 20.0. The second kappa shape index (κ2) is 8.25. The summed E-state index contributed by atoms with van der Waals surface area (Å²) >= 11 is 1.57. The summed E-state index contributed by atoms with van der Waals surface area (Å²) in [4.78, 5) is 25.9. The van der Waals surface area contributed by atoms with E-state index in [2.05, 4.69) is 10.4 Å². The molecule has 4 rings (SSSR count). The molecule has 0 bridgehead atoms. The largest absolute Gasteiger partial charge is 0.444 e. The van der Waals surface area contributed by atoms with Crippen LogP contribution < -0.4 is 16.7 Å². The van der Waals surface area contributed by atoms with Crippen molar-refractivity contribution in [2.45, 2.75) is 26.6 Å². The van der Waals surface area contributed by atoms with E-state index < -0.39 is 6.09 Å². The molecule has 8 nitrogen and oxygen atoms in total. The molecule has 0 aliphatic carbocycles. The molecule has 156 valence electrons. The van der Waals surface area contributed by atoms with Crippen molar-refractivity contribution in [3.05, 3.63) is 69.0 Å². The third-order valence-corrected chi connectivity index (χ3v) is 6.11. The van der Waals surface area contributed by atoms with Gasteiger partial charge in [0.25, 0.3) is 0 Å². The summed E-state index contributed by atoms with van der Waals surface area (Å²) in [7, 11) is 0. The van der Waals surface area contributed by atoms with Gasteiger partial charge in [-0.2, -0.15) is 5.10 Å². The Morgan fingerprint density at radius 1 is 1.37 bits per heavy atom. The van der Waals surface area contributed by atoms with Crippen molar-refractivity contribution in [2.24, 2.45) is 5.73 Å². The molecule has 10 heteroatoms. The SMILES string of the molecule is Cc1c(-c2ccc(Cn3cnn(C/C(=C/F)CN)c3=O)s2)ccc2c1COC(=O)N2. The van der Waals surface area contributed by atoms with E-state index in [0.29, 0.717) is 18.4 Å². The minimum atomic E-state index is -0.445. The van der Waals surface area contributed by atoms with E-state index in [1.807, 2.05) is 31.2 Å². The van der Waals surface area contributed by atoms with Gasteiger partial charge >= 0.3 is 11.8 Å². The summed E-state index contributed by atoms with van der Waals surface area (Å²) in [5.74, 6) is 0. The van der Waals surface area contributed by atoms with Crippen molar-refractivity contribution >= 4 is 23.1 Å². The van der Waals surface area contributed by atoms with Gasteiger partial charge in [-0.1, -0.05) is 6.07 Å². The van der Waals surface area contributed by atoms with Gasteiger partial charge in [-0.15, -0.1) is 11.3 Å². The van der Waals surface area contributed by atoms with Crippen molar-refractivity contribution in [1.82, 2.24) is 14.3 Å². The Morgan fingerprint density at radius 3 is 2.97 bits per heavy atom. The van der Waals surface area contributed by atoms with Crippen molar-refractivity contribution in [3.8, 4) is 10.4 Å². The number of cyclic esters (lactones) is 1. The van der Waals surface area contributed by atoms with Crippen LogP contribution in [0, 0.1) is 6.92 Å². The Bertz CT molecular complexity index is 1190. The number of hydrogen-bond acceptors (Lipinski definition) is 6. The van der Waals surface area contributed by atoms with Crippen LogP contribution in [0.4, 0.5) is 14.9 Å². The summed E-state index contributed by atoms with van der Waals surface area (Å²) in [6.45, 7) is 2.66. The molecule has 0 radical (unpaired) electrons. The van der Waals surface area contributed by atoms with Gasteiger partial charge in [0.2, 0.25) is 0 Å². The number of carbonyl (C=O) groups is 1. The van der Waals surface area contributed by atoms with Crippen LogP contribution >= 0.6 is 11.3 Å². The van der Waals surface area contributed by atoms with Gasteiger partial charge in [-0.05, 0) is 41.8 Å². The van der Waals surface area contributed by atoms with E-state index >= 15 is 0 Å². The molecule has 1 aliphatic heterocycles. The molecule has 1 amide bonds. The minimum absolute atomic E-state index is 0.0267. The van der Waals surface area contributed by atoms with Crippen LogP contribution in [0.3, 0.4) is 0 Å². The van der Waals surface area contributed by atoms with E-state index in [1.54, 1.807) is 11.3 Å². The molecule has 3 heterocycles. The lowest BCUT2D eigenvalue weighted by atomic mass is 9.99. The van der Waals surface area contributed by atoms with Crippen LogP contribution in [0.1, 0.15) is 16.0 Å². The van der Waals surface area contributed by atoms with Crippen LogP contribution in [0.5, 0.6) is 0 Å². The van der Waals surface area contributed by atoms with Crippen LogP contribution in [0.15, 0.2) is 47.3 Å². The molecule has 0 atom stereocenters. The van der Waals surface area contributed by atoms with E-state index in [9.17, 15) is 14.0 Å². The molecule has 3 aromatic rings. The van der Waals surface area contributed by atoms with Crippen molar-refractivity contribution < 1.29 is 13.9 Å². The molecule has 2 aromatic heterocycles. The Hall–Kier alpha value is -3.24. The smallest absolute Gasteiger partial charge is 0.411 e. The lowest BCUT2D eigenvalue weighted by Crippen LogP contribution is -2.26. The number of amides is 1. The highest BCUT2D eigenvalue weighted by atomic mass is 32.1. The Labute approximate surface area is 175 Å². The number of benzene rings is 1. The molecule has 30 heavy (non-hydrogen) atoms. The fourth-order valence-electron chi connectivity index (χ4n) is 3.31. The number of halogens is 1. The van der Waals surface area contributed by atoms with E-state index in [1.165, 1.54) is 15.6 Å². The van der Waals surface area contributed by atoms with Crippen LogP contribution in [-0.2, 0) is 24.4 Å². The Kier molecular flexibility index (Phi) is 5.51. The number of aromatic nitrogens is 3. The highest BCUT2D eigenvalue weighted by Gasteiger charge is 2.20. The second-order valence-electron chi connectivity index (χ2n) is 6.90. The van der Waals surface area contributed by atoms with Gasteiger partial charge < -0.3 is 10.5 Å². The summed E-state index contributed by atoms with van der Waals surface area (Å²) < 4.78 is 20.5. The zero-order valence-electron chi connectivity index (χ0n) is 16.2. The minimum Gasteiger partial charge on any atom is -0.444 e. The first-order chi connectivity index (χ1) is 14.5. The summed E-state index contributed by atoms with van der Waals surface area (Å²) in [6, 6.07) is 7.81. The van der Waals surface area contributed by atoms with Crippen molar-refractivity contribution in [2.75, 3.05) is 11.9 Å². The number of rotatable bonds is 6. The molecule has 3 N–H and O–H groups in total. The van der Waals surface area contributed by atoms with Gasteiger partial charge in [0.15, 0.2) is 0 Å². The number of carbonyl (C=O) groups excluding carboxylic acids is 1. The number of thiophene rings is 1.